The minimum atomic E-state index is -1.22. The number of rotatable bonds is 6. The second-order valence-electron chi connectivity index (χ2n) is 9.77. The highest BCUT2D eigenvalue weighted by Crippen LogP contribution is 2.54. The highest BCUT2D eigenvalue weighted by molar-refractivity contribution is 6.00. The number of aliphatic hydroxyl groups excluding tert-OH is 1. The van der Waals surface area contributed by atoms with E-state index in [9.17, 15) is 19.5 Å². The van der Waals surface area contributed by atoms with Gasteiger partial charge in [-0.15, -0.1) is 0 Å². The molecule has 0 saturated carbocycles. The van der Waals surface area contributed by atoms with Crippen LogP contribution in [0.1, 0.15) is 33.6 Å². The van der Waals surface area contributed by atoms with E-state index in [1.165, 1.54) is 0 Å². The van der Waals surface area contributed by atoms with Crippen molar-refractivity contribution in [3.8, 4) is 0 Å². The highest BCUT2D eigenvalue weighted by Gasteiger charge is 2.72. The third-order valence-electron chi connectivity index (χ3n) is 7.48. The zero-order valence-electron chi connectivity index (χ0n) is 19.4. The molecule has 3 amide bonds. The molecule has 0 aromatic rings. The molecule has 4 heterocycles. The van der Waals surface area contributed by atoms with Crippen LogP contribution in [0.15, 0.2) is 24.3 Å². The second-order valence-corrected chi connectivity index (χ2v) is 9.77. The molecule has 0 aromatic heterocycles. The lowest BCUT2D eigenvalue weighted by Crippen LogP contribution is -2.59. The van der Waals surface area contributed by atoms with E-state index in [-0.39, 0.29) is 30.2 Å². The lowest BCUT2D eigenvalue weighted by Gasteiger charge is -2.39. The molecule has 8 nitrogen and oxygen atoms in total. The van der Waals surface area contributed by atoms with Gasteiger partial charge in [-0.25, -0.2) is 0 Å². The number of carbonyl (C=O) groups is 3. The van der Waals surface area contributed by atoms with Gasteiger partial charge in [0.1, 0.15) is 11.6 Å². The van der Waals surface area contributed by atoms with Crippen molar-refractivity contribution in [1.29, 1.82) is 0 Å². The van der Waals surface area contributed by atoms with Crippen LogP contribution in [0.2, 0.25) is 0 Å². The van der Waals surface area contributed by atoms with Gasteiger partial charge >= 0.3 is 0 Å². The molecule has 0 bridgehead atoms. The number of likely N-dealkylation sites (tertiary alicyclic amines) is 1. The fourth-order valence-electron chi connectivity index (χ4n) is 5.78. The van der Waals surface area contributed by atoms with Crippen LogP contribution in [0.25, 0.3) is 0 Å². The Morgan fingerprint density at radius 1 is 1.16 bits per heavy atom. The lowest BCUT2D eigenvalue weighted by atomic mass is 9.77. The summed E-state index contributed by atoms with van der Waals surface area (Å²) in [6, 6.07) is -1.43. The number of aliphatic hydroxyl groups is 1. The zero-order chi connectivity index (χ0) is 23.2. The minimum Gasteiger partial charge on any atom is -0.394 e. The van der Waals surface area contributed by atoms with Crippen LogP contribution in [-0.2, 0) is 19.1 Å². The molecule has 0 radical (unpaired) electrons. The predicted molar refractivity (Wildman–Crippen MR) is 118 cm³/mol. The summed E-state index contributed by atoms with van der Waals surface area (Å²) < 4.78 is 6.55. The molecule has 4 aliphatic rings. The van der Waals surface area contributed by atoms with Crippen LogP contribution in [0.3, 0.4) is 0 Å². The van der Waals surface area contributed by atoms with Gasteiger partial charge in [-0.3, -0.25) is 14.4 Å². The molecule has 4 rings (SSSR count). The quantitative estimate of drug-likeness (QED) is 0.611. The maximum absolute atomic E-state index is 14.0. The summed E-state index contributed by atoms with van der Waals surface area (Å²) in [7, 11) is 1.72. The average molecular weight is 446 g/mol. The van der Waals surface area contributed by atoms with Gasteiger partial charge in [0.15, 0.2) is 0 Å². The number of likely N-dealkylation sites (N-methyl/N-ethyl adjacent to an activating group) is 1. The van der Waals surface area contributed by atoms with Crippen molar-refractivity contribution >= 4 is 17.7 Å². The number of nitrogens with zero attached hydrogens (tertiary/aromatic N) is 3. The zero-order valence-corrected chi connectivity index (χ0v) is 19.4. The molecule has 176 valence electrons. The van der Waals surface area contributed by atoms with E-state index < -0.39 is 35.6 Å². The van der Waals surface area contributed by atoms with Crippen molar-refractivity contribution in [1.82, 2.24) is 14.7 Å². The summed E-state index contributed by atoms with van der Waals surface area (Å²) in [4.78, 5) is 46.1. The van der Waals surface area contributed by atoms with Gasteiger partial charge in [0, 0.05) is 26.7 Å². The molecule has 1 unspecified atom stereocenters. The fraction of sp³-hybridized carbons (Fsp3) is 0.708. The Morgan fingerprint density at radius 3 is 2.56 bits per heavy atom. The van der Waals surface area contributed by atoms with Gasteiger partial charge in [-0.1, -0.05) is 51.5 Å². The summed E-state index contributed by atoms with van der Waals surface area (Å²) in [6.07, 6.45) is 8.76. The summed E-state index contributed by atoms with van der Waals surface area (Å²) in [6.45, 7) is 7.18. The molecular weight excluding hydrogens is 410 g/mol. The van der Waals surface area contributed by atoms with Crippen LogP contribution in [-0.4, -0.2) is 94.6 Å². The molecule has 0 aromatic carbocycles. The SMILES string of the molecule is CCCCN1CC=C[C@]23O[C@H]4C=CCN(C)C(=O)[C@H]4[C@H]2C(=O)N([C@@H](CO)C(C)C)C3C1=O. The van der Waals surface area contributed by atoms with Gasteiger partial charge in [0.25, 0.3) is 0 Å². The standard InChI is InChI=1S/C24H35N3O5/c1-5-6-12-26-13-8-10-24-19(18-17(32-24)9-7-11-25(4)21(18)29)22(30)27(20(24)23(26)31)16(14-28)15(2)3/h7-10,15-20,28H,5-6,11-14H2,1-4H3/t16-,17-,18+,19-,20?,24-/m0/s1. The Bertz CT molecular complexity index is 839. The molecule has 6 atom stereocenters. The number of amides is 3. The molecule has 1 N–H and O–H groups in total. The van der Waals surface area contributed by atoms with Gasteiger partial charge in [0.05, 0.1) is 30.6 Å². The smallest absolute Gasteiger partial charge is 0.249 e. The first-order valence-electron chi connectivity index (χ1n) is 11.8. The van der Waals surface area contributed by atoms with Crippen LogP contribution < -0.4 is 0 Å². The molecule has 4 aliphatic heterocycles. The van der Waals surface area contributed by atoms with Crippen LogP contribution >= 0.6 is 0 Å². The Balaban J connectivity index is 1.85. The van der Waals surface area contributed by atoms with E-state index in [2.05, 4.69) is 6.92 Å². The normalized spacial score (nSPS) is 35.2. The van der Waals surface area contributed by atoms with E-state index >= 15 is 0 Å². The van der Waals surface area contributed by atoms with E-state index in [0.717, 1.165) is 12.8 Å². The first-order chi connectivity index (χ1) is 15.3. The Kier molecular flexibility index (Phi) is 6.20. The molecule has 32 heavy (non-hydrogen) atoms. The largest absolute Gasteiger partial charge is 0.394 e. The van der Waals surface area contributed by atoms with E-state index in [0.29, 0.717) is 19.6 Å². The Hall–Kier alpha value is -2.19. The maximum atomic E-state index is 14.0. The summed E-state index contributed by atoms with van der Waals surface area (Å²) in [5.41, 5.74) is -1.22. The number of hydrogen-bond donors (Lipinski definition) is 1. The van der Waals surface area contributed by atoms with Crippen molar-refractivity contribution in [3.05, 3.63) is 24.3 Å². The van der Waals surface area contributed by atoms with Crippen molar-refractivity contribution in [2.45, 2.75) is 57.4 Å². The summed E-state index contributed by atoms with van der Waals surface area (Å²) in [5, 5.41) is 10.2. The summed E-state index contributed by atoms with van der Waals surface area (Å²) in [5.74, 6) is -2.14. The first-order valence-corrected chi connectivity index (χ1v) is 11.8. The highest BCUT2D eigenvalue weighted by atomic mass is 16.5. The van der Waals surface area contributed by atoms with Crippen molar-refractivity contribution in [2.24, 2.45) is 17.8 Å². The van der Waals surface area contributed by atoms with Gasteiger partial charge < -0.3 is 24.5 Å². The summed E-state index contributed by atoms with van der Waals surface area (Å²) >= 11 is 0. The molecule has 0 aliphatic carbocycles. The van der Waals surface area contributed by atoms with Crippen LogP contribution in [0.5, 0.6) is 0 Å². The molecule has 2 saturated heterocycles. The number of hydrogen-bond acceptors (Lipinski definition) is 5. The first kappa shape index (κ1) is 23.0. The number of ether oxygens (including phenoxy) is 1. The Labute approximate surface area is 189 Å². The third kappa shape index (κ3) is 3.30. The van der Waals surface area contributed by atoms with Crippen LogP contribution in [0, 0.1) is 17.8 Å². The van der Waals surface area contributed by atoms with Crippen molar-refractivity contribution in [2.75, 3.05) is 33.3 Å². The van der Waals surface area contributed by atoms with Crippen molar-refractivity contribution < 1.29 is 24.2 Å². The average Bonchev–Trinajstić information content (AvgIpc) is 3.08. The molecule has 2 fully saturated rings. The number of unbranched alkanes of at least 4 members (excludes halogenated alkanes) is 1. The lowest BCUT2D eigenvalue weighted by molar-refractivity contribution is -0.152. The van der Waals surface area contributed by atoms with Crippen LogP contribution in [0.4, 0.5) is 0 Å². The number of carbonyl (C=O) groups excluding carboxylic acids is 3. The van der Waals surface area contributed by atoms with Gasteiger partial charge in [0.2, 0.25) is 17.7 Å². The van der Waals surface area contributed by atoms with E-state index in [1.807, 2.05) is 38.2 Å². The van der Waals surface area contributed by atoms with Crippen molar-refractivity contribution in [3.63, 3.8) is 0 Å². The maximum Gasteiger partial charge on any atom is 0.249 e. The van der Waals surface area contributed by atoms with Gasteiger partial charge in [-0.05, 0) is 12.3 Å². The third-order valence-corrected chi connectivity index (χ3v) is 7.48. The Morgan fingerprint density at radius 2 is 1.91 bits per heavy atom. The molecular formula is C24H35N3O5. The second kappa shape index (κ2) is 8.63. The van der Waals surface area contributed by atoms with Gasteiger partial charge in [-0.2, -0.15) is 0 Å². The molecule has 8 heteroatoms. The minimum absolute atomic E-state index is 0.0628. The molecule has 1 spiro atoms. The monoisotopic (exact) mass is 445 g/mol. The fourth-order valence-corrected chi connectivity index (χ4v) is 5.78. The van der Waals surface area contributed by atoms with E-state index in [4.69, 9.17) is 4.74 Å². The van der Waals surface area contributed by atoms with E-state index in [1.54, 1.807) is 21.7 Å². The number of fused-ring (bicyclic) bond motifs is 2. The topological polar surface area (TPSA) is 90.4 Å². The predicted octanol–water partition coefficient (Wildman–Crippen LogP) is 0.811.